The van der Waals surface area contributed by atoms with E-state index in [1.54, 1.807) is 19.2 Å². The Hall–Kier alpha value is -2.90. The number of aryl methyl sites for hydroxylation is 1. The molecule has 0 aromatic carbocycles. The van der Waals surface area contributed by atoms with Gasteiger partial charge < -0.3 is 14.5 Å². The van der Waals surface area contributed by atoms with Gasteiger partial charge in [-0.05, 0) is 50.8 Å². The molecule has 1 aliphatic heterocycles. The van der Waals surface area contributed by atoms with Gasteiger partial charge in [-0.25, -0.2) is 9.78 Å². The molecule has 1 saturated heterocycles. The number of piperazine rings is 1. The lowest BCUT2D eigenvalue weighted by Gasteiger charge is -2.35. The van der Waals surface area contributed by atoms with Crippen molar-refractivity contribution in [1.82, 2.24) is 19.7 Å². The predicted octanol–water partition coefficient (Wildman–Crippen LogP) is 3.01. The number of hydrogen-bond acceptors (Lipinski definition) is 6. The van der Waals surface area contributed by atoms with E-state index in [9.17, 15) is 9.59 Å². The maximum absolute atomic E-state index is 12.8. The fourth-order valence-electron chi connectivity index (χ4n) is 4.10. The average molecular weight is 442 g/mol. The first-order valence-corrected chi connectivity index (χ1v) is 11.5. The van der Waals surface area contributed by atoms with E-state index in [-0.39, 0.29) is 11.9 Å². The summed E-state index contributed by atoms with van der Waals surface area (Å²) >= 11 is 0. The number of carbonyl (C=O) groups excluding carboxylic acids is 2. The van der Waals surface area contributed by atoms with Crippen LogP contribution in [-0.4, -0.2) is 64.3 Å². The largest absolute Gasteiger partial charge is 0.462 e. The van der Waals surface area contributed by atoms with Crippen LogP contribution in [0.4, 0.5) is 5.82 Å². The summed E-state index contributed by atoms with van der Waals surface area (Å²) in [6.45, 7) is 14.3. The van der Waals surface area contributed by atoms with Crippen LogP contribution in [0.2, 0.25) is 0 Å². The molecule has 174 valence electrons. The molecular weight excluding hydrogens is 406 g/mol. The summed E-state index contributed by atoms with van der Waals surface area (Å²) in [5, 5.41) is 4.66. The Labute approximate surface area is 190 Å². The zero-order chi connectivity index (χ0) is 23.3. The topological polar surface area (TPSA) is 80.6 Å². The van der Waals surface area contributed by atoms with Crippen LogP contribution >= 0.6 is 0 Å². The van der Waals surface area contributed by atoms with Crippen LogP contribution in [0.15, 0.2) is 18.3 Å². The van der Waals surface area contributed by atoms with Crippen LogP contribution in [0, 0.1) is 19.8 Å². The number of ether oxygens (including phenoxy) is 1. The third-order valence-electron chi connectivity index (χ3n) is 5.87. The van der Waals surface area contributed by atoms with Crippen molar-refractivity contribution in [2.75, 3.05) is 37.7 Å². The molecule has 1 fully saturated rings. The fourth-order valence-corrected chi connectivity index (χ4v) is 4.10. The van der Waals surface area contributed by atoms with Gasteiger partial charge in [-0.2, -0.15) is 5.10 Å². The zero-order valence-corrected chi connectivity index (χ0v) is 19.9. The van der Waals surface area contributed by atoms with E-state index in [1.807, 2.05) is 17.9 Å². The van der Waals surface area contributed by atoms with Gasteiger partial charge in [0.25, 0.3) is 0 Å². The van der Waals surface area contributed by atoms with Crippen molar-refractivity contribution in [1.29, 1.82) is 0 Å². The molecule has 3 heterocycles. The molecule has 2 aromatic rings. The lowest BCUT2D eigenvalue weighted by Crippen LogP contribution is -2.49. The lowest BCUT2D eigenvalue weighted by atomic mass is 10.1. The third-order valence-corrected chi connectivity index (χ3v) is 5.87. The summed E-state index contributed by atoms with van der Waals surface area (Å²) < 4.78 is 7.07. The molecule has 3 rings (SSSR count). The number of anilines is 1. The van der Waals surface area contributed by atoms with Gasteiger partial charge in [0.2, 0.25) is 5.91 Å². The second-order valence-electron chi connectivity index (χ2n) is 8.72. The molecule has 0 atom stereocenters. The SMILES string of the molecule is CCOC(=O)c1ccc(N2CCN(C(=O)CCc3c(C)nn(CC(C)C)c3C)CC2)nc1. The Morgan fingerprint density at radius 2 is 1.84 bits per heavy atom. The lowest BCUT2D eigenvalue weighted by molar-refractivity contribution is -0.131. The third kappa shape index (κ3) is 5.66. The first kappa shape index (κ1) is 23.8. The molecule has 1 amide bonds. The van der Waals surface area contributed by atoms with Crippen molar-refractivity contribution in [3.63, 3.8) is 0 Å². The highest BCUT2D eigenvalue weighted by Gasteiger charge is 2.23. The molecule has 0 unspecified atom stereocenters. The van der Waals surface area contributed by atoms with E-state index in [0.717, 1.165) is 37.6 Å². The number of nitrogens with zero attached hydrogens (tertiary/aromatic N) is 5. The van der Waals surface area contributed by atoms with Crippen LogP contribution in [0.3, 0.4) is 0 Å². The zero-order valence-electron chi connectivity index (χ0n) is 19.9. The van der Waals surface area contributed by atoms with Gasteiger partial charge in [-0.3, -0.25) is 9.48 Å². The van der Waals surface area contributed by atoms with Crippen LogP contribution in [0.1, 0.15) is 54.5 Å². The molecular formula is C24H35N5O3. The first-order valence-electron chi connectivity index (χ1n) is 11.5. The van der Waals surface area contributed by atoms with Crippen molar-refractivity contribution in [3.8, 4) is 0 Å². The fraction of sp³-hybridized carbons (Fsp3) is 0.583. The van der Waals surface area contributed by atoms with E-state index in [2.05, 4.69) is 40.4 Å². The van der Waals surface area contributed by atoms with E-state index < -0.39 is 0 Å². The minimum Gasteiger partial charge on any atom is -0.462 e. The average Bonchev–Trinajstić information content (AvgIpc) is 3.04. The highest BCUT2D eigenvalue weighted by Crippen LogP contribution is 2.19. The number of amides is 1. The molecule has 0 saturated carbocycles. The van der Waals surface area contributed by atoms with Gasteiger partial charge in [-0.1, -0.05) is 13.8 Å². The second kappa shape index (κ2) is 10.6. The summed E-state index contributed by atoms with van der Waals surface area (Å²) in [6, 6.07) is 3.58. The highest BCUT2D eigenvalue weighted by molar-refractivity contribution is 5.89. The number of pyridine rings is 1. The second-order valence-corrected chi connectivity index (χ2v) is 8.72. The van der Waals surface area contributed by atoms with Gasteiger partial charge in [-0.15, -0.1) is 0 Å². The molecule has 0 radical (unpaired) electrons. The predicted molar refractivity (Wildman–Crippen MR) is 124 cm³/mol. The summed E-state index contributed by atoms with van der Waals surface area (Å²) in [7, 11) is 0. The van der Waals surface area contributed by atoms with Crippen LogP contribution in [-0.2, 0) is 22.5 Å². The Morgan fingerprint density at radius 3 is 2.44 bits per heavy atom. The molecule has 0 spiro atoms. The van der Waals surface area contributed by atoms with Crippen molar-refractivity contribution < 1.29 is 14.3 Å². The van der Waals surface area contributed by atoms with Crippen molar-refractivity contribution in [3.05, 3.63) is 40.8 Å². The van der Waals surface area contributed by atoms with Crippen LogP contribution < -0.4 is 4.90 Å². The van der Waals surface area contributed by atoms with E-state index in [1.165, 1.54) is 11.3 Å². The smallest absolute Gasteiger partial charge is 0.339 e. The number of hydrogen-bond donors (Lipinski definition) is 0. The Balaban J connectivity index is 1.51. The van der Waals surface area contributed by atoms with Gasteiger partial charge in [0, 0.05) is 51.0 Å². The van der Waals surface area contributed by atoms with Gasteiger partial charge >= 0.3 is 5.97 Å². The van der Waals surface area contributed by atoms with Crippen LogP contribution in [0.25, 0.3) is 0 Å². The summed E-state index contributed by atoms with van der Waals surface area (Å²) in [5.41, 5.74) is 3.85. The molecule has 8 heteroatoms. The number of rotatable bonds is 8. The van der Waals surface area contributed by atoms with E-state index in [0.29, 0.717) is 37.6 Å². The summed E-state index contributed by atoms with van der Waals surface area (Å²) in [6.07, 6.45) is 2.78. The van der Waals surface area contributed by atoms with E-state index in [4.69, 9.17) is 4.74 Å². The summed E-state index contributed by atoms with van der Waals surface area (Å²) in [4.78, 5) is 33.1. The minimum absolute atomic E-state index is 0.186. The van der Waals surface area contributed by atoms with Gasteiger partial charge in [0.1, 0.15) is 5.82 Å². The van der Waals surface area contributed by atoms with Gasteiger partial charge in [0.15, 0.2) is 0 Å². The molecule has 32 heavy (non-hydrogen) atoms. The number of aromatic nitrogens is 3. The minimum atomic E-state index is -0.359. The summed E-state index contributed by atoms with van der Waals surface area (Å²) in [5.74, 6) is 1.18. The van der Waals surface area contributed by atoms with E-state index >= 15 is 0 Å². The molecule has 2 aromatic heterocycles. The normalized spacial score (nSPS) is 14.2. The Kier molecular flexibility index (Phi) is 7.88. The van der Waals surface area contributed by atoms with Crippen LogP contribution in [0.5, 0.6) is 0 Å². The van der Waals surface area contributed by atoms with Crippen molar-refractivity contribution in [2.24, 2.45) is 5.92 Å². The molecule has 0 aliphatic carbocycles. The molecule has 1 aliphatic rings. The molecule has 0 N–H and O–H groups in total. The number of carbonyl (C=O) groups is 2. The van der Waals surface area contributed by atoms with Gasteiger partial charge in [0.05, 0.1) is 17.9 Å². The maximum Gasteiger partial charge on any atom is 0.339 e. The Bertz CT molecular complexity index is 928. The molecule has 8 nitrogen and oxygen atoms in total. The molecule has 0 bridgehead atoms. The number of esters is 1. The quantitative estimate of drug-likeness (QED) is 0.586. The Morgan fingerprint density at radius 1 is 1.12 bits per heavy atom. The van der Waals surface area contributed by atoms with Crippen molar-refractivity contribution >= 4 is 17.7 Å². The standard InChI is InChI=1S/C24H35N5O3/c1-6-32-24(31)20-7-9-22(25-15-20)27-11-13-28(14-12-27)23(30)10-8-21-18(4)26-29(19(21)5)16-17(2)3/h7,9,15,17H,6,8,10-14,16H2,1-5H3. The first-order chi connectivity index (χ1) is 15.3. The highest BCUT2D eigenvalue weighted by atomic mass is 16.5. The van der Waals surface area contributed by atoms with Crippen molar-refractivity contribution in [2.45, 2.75) is 54.0 Å². The maximum atomic E-state index is 12.8. The monoisotopic (exact) mass is 441 g/mol.